The average Bonchev–Trinajstić information content (AvgIpc) is 2.82. The van der Waals surface area contributed by atoms with Crippen LogP contribution in [0.5, 0.6) is 5.75 Å². The van der Waals surface area contributed by atoms with E-state index in [0.29, 0.717) is 11.3 Å². The molecule has 0 radical (unpaired) electrons. The molecular formula is C25H21ClNO4P. The maximum absolute atomic E-state index is 13.2. The second-order valence-corrected chi connectivity index (χ2v) is 9.85. The van der Waals surface area contributed by atoms with Crippen LogP contribution in [0, 0.1) is 0 Å². The molecule has 32 heavy (non-hydrogen) atoms. The molecule has 5 nitrogen and oxygen atoms in total. The minimum absolute atomic E-state index is 0.0848. The second-order valence-electron chi connectivity index (χ2n) is 7.11. The zero-order valence-corrected chi connectivity index (χ0v) is 18.7. The summed E-state index contributed by atoms with van der Waals surface area (Å²) in [4.78, 5) is 12.9. The van der Waals surface area contributed by atoms with Crippen LogP contribution in [0.4, 0.5) is 0 Å². The summed E-state index contributed by atoms with van der Waals surface area (Å²) in [6, 6.07) is 30.0. The smallest absolute Gasteiger partial charge is 0.410 e. The van der Waals surface area contributed by atoms with Gasteiger partial charge < -0.3 is 9.26 Å². The number of benzene rings is 4. The van der Waals surface area contributed by atoms with Crippen LogP contribution in [0.25, 0.3) is 10.8 Å². The fourth-order valence-electron chi connectivity index (χ4n) is 3.30. The fourth-order valence-corrected chi connectivity index (χ4v) is 4.85. The first-order valence-electron chi connectivity index (χ1n) is 10.0. The van der Waals surface area contributed by atoms with Crippen molar-refractivity contribution in [2.45, 2.75) is 12.6 Å². The number of hydrogen-bond donors (Lipinski definition) is 1. The van der Waals surface area contributed by atoms with Crippen molar-refractivity contribution in [1.29, 1.82) is 0 Å². The minimum atomic E-state index is -3.97. The molecule has 0 spiro atoms. The average molecular weight is 466 g/mol. The third-order valence-corrected chi connectivity index (χ3v) is 6.34. The van der Waals surface area contributed by atoms with Gasteiger partial charge in [0.2, 0.25) is 0 Å². The van der Waals surface area contributed by atoms with Crippen LogP contribution in [0.15, 0.2) is 103 Å². The highest BCUT2D eigenvalue weighted by Gasteiger charge is 2.32. The molecule has 0 fully saturated rings. The van der Waals surface area contributed by atoms with Gasteiger partial charge in [-0.05, 0) is 22.6 Å². The topological polar surface area (TPSA) is 64.6 Å². The molecule has 0 bridgehead atoms. The van der Waals surface area contributed by atoms with Crippen molar-refractivity contribution in [3.8, 4) is 5.75 Å². The van der Waals surface area contributed by atoms with E-state index < -0.39 is 18.9 Å². The number of nitrogens with one attached hydrogen (secondary N) is 1. The summed E-state index contributed by atoms with van der Waals surface area (Å²) in [7, 11) is 0. The Morgan fingerprint density at radius 2 is 1.47 bits per heavy atom. The summed E-state index contributed by atoms with van der Waals surface area (Å²) in [5.41, 5.74) is 1.40. The van der Waals surface area contributed by atoms with Crippen LogP contribution in [0.3, 0.4) is 0 Å². The van der Waals surface area contributed by atoms with Crippen molar-refractivity contribution in [2.24, 2.45) is 0 Å². The van der Waals surface area contributed by atoms with Gasteiger partial charge in [-0.1, -0.05) is 97.1 Å². The maximum Gasteiger partial charge on any atom is 0.410 e. The molecule has 4 aromatic rings. The third-order valence-electron chi connectivity index (χ3n) is 4.84. The number of carbonyl (C=O) groups excluding carboxylic acids is 1. The monoisotopic (exact) mass is 465 g/mol. The van der Waals surface area contributed by atoms with Gasteiger partial charge in [0.1, 0.15) is 18.4 Å². The number of carbonyl (C=O) groups is 1. The van der Waals surface area contributed by atoms with Crippen LogP contribution in [0.2, 0.25) is 0 Å². The van der Waals surface area contributed by atoms with Crippen molar-refractivity contribution in [3.05, 3.63) is 114 Å². The van der Waals surface area contributed by atoms with Crippen LogP contribution >= 0.6 is 18.1 Å². The highest BCUT2D eigenvalue weighted by molar-refractivity contribution is 7.84. The first kappa shape index (κ1) is 22.1. The number of ether oxygens (including phenoxy) is 1. The number of rotatable bonds is 8. The number of halogens is 1. The minimum Gasteiger partial charge on any atom is -0.459 e. The molecule has 0 aliphatic rings. The van der Waals surface area contributed by atoms with Gasteiger partial charge in [0.15, 0.2) is 0 Å². The predicted octanol–water partition coefficient (Wildman–Crippen LogP) is 6.64. The third kappa shape index (κ3) is 5.57. The summed E-state index contributed by atoms with van der Waals surface area (Å²) in [5, 5.41) is 4.37. The summed E-state index contributed by atoms with van der Waals surface area (Å²) in [6.07, 6.45) is 0. The highest BCUT2D eigenvalue weighted by atomic mass is 35.7. The zero-order valence-electron chi connectivity index (χ0n) is 17.1. The lowest BCUT2D eigenvalue weighted by molar-refractivity contribution is -0.147. The van der Waals surface area contributed by atoms with Crippen molar-refractivity contribution in [1.82, 2.24) is 5.09 Å². The first-order valence-corrected chi connectivity index (χ1v) is 12.6. The molecule has 0 saturated heterocycles. The Hall–Kier alpha value is -3.11. The summed E-state index contributed by atoms with van der Waals surface area (Å²) < 4.78 is 24.4. The molecule has 2 atom stereocenters. The Labute approximate surface area is 191 Å². The quantitative estimate of drug-likeness (QED) is 0.233. The molecule has 0 saturated carbocycles. The van der Waals surface area contributed by atoms with Crippen LogP contribution < -0.4 is 9.61 Å². The van der Waals surface area contributed by atoms with E-state index in [2.05, 4.69) is 5.09 Å². The van der Waals surface area contributed by atoms with E-state index in [4.69, 9.17) is 20.5 Å². The van der Waals surface area contributed by atoms with E-state index in [1.54, 1.807) is 36.4 Å². The van der Waals surface area contributed by atoms with Gasteiger partial charge in [-0.25, -0.2) is 14.4 Å². The lowest BCUT2D eigenvalue weighted by Crippen LogP contribution is -2.28. The van der Waals surface area contributed by atoms with E-state index in [1.807, 2.05) is 66.7 Å². The highest BCUT2D eigenvalue weighted by Crippen LogP contribution is 2.51. The van der Waals surface area contributed by atoms with E-state index in [1.165, 1.54) is 0 Å². The predicted molar refractivity (Wildman–Crippen MR) is 127 cm³/mol. The Balaban J connectivity index is 1.55. The summed E-state index contributed by atoms with van der Waals surface area (Å²) in [5.74, 6) is -0.249. The molecular weight excluding hydrogens is 445 g/mol. The number of hydrogen-bond acceptors (Lipinski definition) is 4. The summed E-state index contributed by atoms with van der Waals surface area (Å²) >= 11 is 6.29. The fraction of sp³-hybridized carbons (Fsp3) is 0.0800. The molecule has 0 aromatic heterocycles. The number of esters is 1. The van der Waals surface area contributed by atoms with Crippen LogP contribution in [-0.4, -0.2) is 5.97 Å². The molecule has 162 valence electrons. The molecule has 0 heterocycles. The Bertz CT molecular complexity index is 1250. The van der Waals surface area contributed by atoms with Crippen LogP contribution in [-0.2, 0) is 20.7 Å². The molecule has 0 aliphatic heterocycles. The Morgan fingerprint density at radius 3 is 2.22 bits per heavy atom. The van der Waals surface area contributed by atoms with Gasteiger partial charge in [0, 0.05) is 16.6 Å². The van der Waals surface area contributed by atoms with Gasteiger partial charge in [0.25, 0.3) is 0 Å². The van der Waals surface area contributed by atoms with Gasteiger partial charge in [-0.2, -0.15) is 0 Å². The van der Waals surface area contributed by atoms with Gasteiger partial charge in [-0.15, -0.1) is 0 Å². The molecule has 0 aliphatic carbocycles. The molecule has 1 unspecified atom stereocenters. The SMILES string of the molecule is O=C(OCc1ccccc1)[C@H](NP(=O)(Cl)Oc1cccc2ccccc12)c1ccccc1. The standard InChI is InChI=1S/C25H21ClNO4P/c26-32(29,31-23-17-9-15-20-12-7-8-16-22(20)23)27-24(21-13-5-2-6-14-21)25(28)30-18-19-10-3-1-4-11-19/h1-17,24H,18H2,(H,27,29)/t24-,32?/m1/s1. The molecule has 4 rings (SSSR count). The van der Waals surface area contributed by atoms with E-state index in [-0.39, 0.29) is 6.61 Å². The molecule has 7 heteroatoms. The largest absolute Gasteiger partial charge is 0.459 e. The van der Waals surface area contributed by atoms with Crippen molar-refractivity contribution < 1.29 is 18.6 Å². The lowest BCUT2D eigenvalue weighted by atomic mass is 10.1. The van der Waals surface area contributed by atoms with Crippen molar-refractivity contribution >= 4 is 34.9 Å². The van der Waals surface area contributed by atoms with E-state index in [9.17, 15) is 9.36 Å². The van der Waals surface area contributed by atoms with E-state index >= 15 is 0 Å². The molecule has 1 N–H and O–H groups in total. The van der Waals surface area contributed by atoms with Gasteiger partial charge in [-0.3, -0.25) is 0 Å². The van der Waals surface area contributed by atoms with Crippen molar-refractivity contribution in [2.75, 3.05) is 0 Å². The van der Waals surface area contributed by atoms with Crippen molar-refractivity contribution in [3.63, 3.8) is 0 Å². The van der Waals surface area contributed by atoms with Gasteiger partial charge >= 0.3 is 12.8 Å². The Morgan fingerprint density at radius 1 is 0.844 bits per heavy atom. The number of fused-ring (bicyclic) bond motifs is 1. The lowest BCUT2D eigenvalue weighted by Gasteiger charge is -2.22. The van der Waals surface area contributed by atoms with Crippen LogP contribution in [0.1, 0.15) is 17.2 Å². The van der Waals surface area contributed by atoms with Gasteiger partial charge in [0.05, 0.1) is 0 Å². The molecule has 4 aromatic carbocycles. The second kappa shape index (κ2) is 10.0. The Kier molecular flexibility index (Phi) is 6.91. The van der Waals surface area contributed by atoms with E-state index in [0.717, 1.165) is 16.3 Å². The first-order chi connectivity index (χ1) is 15.5. The molecule has 0 amide bonds. The maximum atomic E-state index is 13.2. The zero-order chi connectivity index (χ0) is 22.4. The normalized spacial score (nSPS) is 13.8. The summed E-state index contributed by atoms with van der Waals surface area (Å²) in [6.45, 7) is -3.88.